The van der Waals surface area contributed by atoms with Crippen molar-refractivity contribution in [2.45, 2.75) is 32.4 Å². The first-order chi connectivity index (χ1) is 19.7. The number of fused-ring (bicyclic) bond motifs is 1. The fraction of sp³-hybridized carbons (Fsp3) is 0.500. The number of morpholine rings is 1. The van der Waals surface area contributed by atoms with Crippen LogP contribution in [0.5, 0.6) is 5.75 Å². The van der Waals surface area contributed by atoms with Crippen LogP contribution in [0.25, 0.3) is 0 Å². The molecule has 0 saturated carbocycles. The van der Waals surface area contributed by atoms with Crippen LogP contribution >= 0.6 is 0 Å². The second-order valence-corrected chi connectivity index (χ2v) is 10.8. The van der Waals surface area contributed by atoms with E-state index in [0.717, 1.165) is 13.1 Å². The van der Waals surface area contributed by atoms with E-state index < -0.39 is 12.1 Å². The van der Waals surface area contributed by atoms with Gasteiger partial charge in [0.1, 0.15) is 11.9 Å². The van der Waals surface area contributed by atoms with Crippen molar-refractivity contribution in [3.63, 3.8) is 0 Å². The van der Waals surface area contributed by atoms with E-state index in [2.05, 4.69) is 15.5 Å². The summed E-state index contributed by atoms with van der Waals surface area (Å²) in [5.74, 6) is -0.210. The van der Waals surface area contributed by atoms with Gasteiger partial charge >= 0.3 is 6.03 Å². The molecule has 0 aromatic heterocycles. The Kier molecular flexibility index (Phi) is 10.6. The van der Waals surface area contributed by atoms with Gasteiger partial charge < -0.3 is 35.0 Å². The van der Waals surface area contributed by atoms with Crippen molar-refractivity contribution in [2.24, 2.45) is 5.92 Å². The number of rotatable bonds is 9. The van der Waals surface area contributed by atoms with E-state index in [4.69, 9.17) is 9.47 Å². The number of aliphatic hydroxyl groups excluding tert-OH is 1. The normalized spacial score (nSPS) is 20.2. The summed E-state index contributed by atoms with van der Waals surface area (Å²) in [7, 11) is 1.70. The van der Waals surface area contributed by atoms with Crippen LogP contribution in [-0.2, 0) is 9.53 Å². The maximum absolute atomic E-state index is 13.7. The molecule has 2 aromatic rings. The van der Waals surface area contributed by atoms with E-state index in [1.807, 2.05) is 37.3 Å². The summed E-state index contributed by atoms with van der Waals surface area (Å²) in [5.41, 5.74) is 1.48. The largest absolute Gasteiger partial charge is 0.487 e. The van der Waals surface area contributed by atoms with Crippen LogP contribution in [0.1, 0.15) is 30.6 Å². The molecule has 0 aliphatic carbocycles. The van der Waals surface area contributed by atoms with E-state index in [1.54, 1.807) is 42.0 Å². The number of ether oxygens (including phenoxy) is 2. The summed E-state index contributed by atoms with van der Waals surface area (Å²) in [5, 5.41) is 15.7. The molecule has 1 saturated heterocycles. The van der Waals surface area contributed by atoms with Crippen LogP contribution in [0.2, 0.25) is 0 Å². The number of aliphatic hydroxyl groups is 1. The molecule has 0 bridgehead atoms. The van der Waals surface area contributed by atoms with E-state index in [1.165, 1.54) is 0 Å². The minimum Gasteiger partial charge on any atom is -0.487 e. The predicted octanol–water partition coefficient (Wildman–Crippen LogP) is 2.73. The molecule has 2 heterocycles. The fourth-order valence-corrected chi connectivity index (χ4v) is 4.92. The van der Waals surface area contributed by atoms with Gasteiger partial charge in [-0.25, -0.2) is 4.79 Å². The second-order valence-electron chi connectivity index (χ2n) is 10.8. The molecule has 3 N–H and O–H groups in total. The first-order valence-electron chi connectivity index (χ1n) is 14.1. The topological polar surface area (TPSA) is 124 Å². The molecule has 0 unspecified atom stereocenters. The zero-order valence-electron chi connectivity index (χ0n) is 24.0. The van der Waals surface area contributed by atoms with Crippen molar-refractivity contribution in [3.05, 3.63) is 54.1 Å². The number of amides is 4. The Morgan fingerprint density at radius 2 is 1.83 bits per heavy atom. The lowest BCUT2D eigenvalue weighted by Crippen LogP contribution is -2.50. The highest BCUT2D eigenvalue weighted by Gasteiger charge is 2.34. The van der Waals surface area contributed by atoms with Crippen LogP contribution < -0.4 is 15.4 Å². The first kappa shape index (κ1) is 30.3. The average molecular weight is 568 g/mol. The van der Waals surface area contributed by atoms with Gasteiger partial charge in [-0.1, -0.05) is 25.1 Å². The summed E-state index contributed by atoms with van der Waals surface area (Å²) in [6.45, 7) is 7.74. The van der Waals surface area contributed by atoms with Crippen LogP contribution in [0.3, 0.4) is 0 Å². The molecule has 0 radical (unpaired) electrons. The minimum absolute atomic E-state index is 0.145. The van der Waals surface area contributed by atoms with Crippen molar-refractivity contribution in [2.75, 3.05) is 70.2 Å². The molecule has 222 valence electrons. The Morgan fingerprint density at radius 1 is 1.10 bits per heavy atom. The van der Waals surface area contributed by atoms with Gasteiger partial charge in [0.25, 0.3) is 5.91 Å². The molecule has 0 spiro atoms. The zero-order valence-corrected chi connectivity index (χ0v) is 24.0. The molecule has 2 aliphatic rings. The Balaban J connectivity index is 1.49. The highest BCUT2D eigenvalue weighted by molar-refractivity contribution is 6.00. The van der Waals surface area contributed by atoms with Crippen molar-refractivity contribution >= 4 is 29.2 Å². The monoisotopic (exact) mass is 567 g/mol. The molecule has 11 heteroatoms. The van der Waals surface area contributed by atoms with E-state index in [0.29, 0.717) is 55.4 Å². The lowest BCUT2D eigenvalue weighted by molar-refractivity contribution is -0.116. The Bertz CT molecular complexity index is 1190. The summed E-state index contributed by atoms with van der Waals surface area (Å²) in [6, 6.07) is 13.5. The lowest BCUT2D eigenvalue weighted by atomic mass is 9.99. The van der Waals surface area contributed by atoms with Crippen LogP contribution in [0.15, 0.2) is 48.5 Å². The number of carbonyl (C=O) groups excluding carboxylic acids is 3. The number of anilines is 2. The Morgan fingerprint density at radius 3 is 2.54 bits per heavy atom. The number of likely N-dealkylation sites (N-methyl/N-ethyl adjacent to an activating group) is 1. The van der Waals surface area contributed by atoms with Crippen LogP contribution in [0.4, 0.5) is 16.2 Å². The molecule has 4 amide bonds. The molecule has 2 aliphatic heterocycles. The Hall–Kier alpha value is -3.67. The third-order valence-electron chi connectivity index (χ3n) is 7.53. The van der Waals surface area contributed by atoms with Gasteiger partial charge in [0.15, 0.2) is 0 Å². The third kappa shape index (κ3) is 8.18. The summed E-state index contributed by atoms with van der Waals surface area (Å²) < 4.78 is 11.7. The minimum atomic E-state index is -0.435. The highest BCUT2D eigenvalue weighted by Crippen LogP contribution is 2.31. The number of nitrogens with zero attached hydrogens (tertiary/aromatic N) is 3. The van der Waals surface area contributed by atoms with Gasteiger partial charge in [-0.3, -0.25) is 14.5 Å². The van der Waals surface area contributed by atoms with E-state index >= 15 is 0 Å². The van der Waals surface area contributed by atoms with Gasteiger partial charge in [-0.05, 0) is 37.3 Å². The van der Waals surface area contributed by atoms with E-state index in [9.17, 15) is 19.5 Å². The maximum Gasteiger partial charge on any atom is 0.321 e. The lowest BCUT2D eigenvalue weighted by Gasteiger charge is -2.38. The number of hydrogen-bond donors (Lipinski definition) is 3. The van der Waals surface area contributed by atoms with Crippen molar-refractivity contribution < 1.29 is 29.0 Å². The Labute approximate surface area is 241 Å². The molecule has 41 heavy (non-hydrogen) atoms. The van der Waals surface area contributed by atoms with E-state index in [-0.39, 0.29) is 36.9 Å². The van der Waals surface area contributed by atoms with Gasteiger partial charge in [0.2, 0.25) is 5.91 Å². The first-order valence-corrected chi connectivity index (χ1v) is 14.1. The van der Waals surface area contributed by atoms with Crippen molar-refractivity contribution in [3.8, 4) is 5.75 Å². The number of urea groups is 1. The summed E-state index contributed by atoms with van der Waals surface area (Å²) in [6.07, 6.45) is -0.109. The predicted molar refractivity (Wildman–Crippen MR) is 156 cm³/mol. The molecule has 3 atom stereocenters. The smallest absolute Gasteiger partial charge is 0.321 e. The molecule has 4 rings (SSSR count). The number of carbonyl (C=O) groups is 3. The van der Waals surface area contributed by atoms with Crippen molar-refractivity contribution in [1.29, 1.82) is 0 Å². The van der Waals surface area contributed by atoms with Gasteiger partial charge in [-0.15, -0.1) is 0 Å². The molecule has 11 nitrogen and oxygen atoms in total. The maximum atomic E-state index is 13.7. The number of benzene rings is 2. The van der Waals surface area contributed by atoms with Gasteiger partial charge in [0.05, 0.1) is 38.0 Å². The molecule has 1 fully saturated rings. The standard InChI is InChI=1S/C30H41N5O6/c1-21-18-35(22(2)20-36)29(38)25-17-24(31-28(37)11-12-34-13-15-40-16-14-34)9-10-26(25)41-27(21)19-33(3)30(39)32-23-7-5-4-6-8-23/h4-10,17,21-22,27,36H,11-16,18-20H2,1-3H3,(H,31,37)(H,32,39)/t21-,22+,27+/m0/s1. The quantitative estimate of drug-likeness (QED) is 0.426. The van der Waals surface area contributed by atoms with Crippen LogP contribution in [0, 0.1) is 5.92 Å². The SMILES string of the molecule is C[C@H](CO)N1C[C@H](C)[C@@H](CN(C)C(=O)Nc2ccccc2)Oc2ccc(NC(=O)CCN3CCOCC3)cc2C1=O. The van der Waals surface area contributed by atoms with Crippen molar-refractivity contribution in [1.82, 2.24) is 14.7 Å². The average Bonchev–Trinajstić information content (AvgIpc) is 2.98. The van der Waals surface area contributed by atoms with Crippen LogP contribution in [-0.4, -0.2) is 109 Å². The summed E-state index contributed by atoms with van der Waals surface area (Å²) >= 11 is 0. The molecular formula is C30H41N5O6. The number of hydrogen-bond acceptors (Lipinski definition) is 7. The highest BCUT2D eigenvalue weighted by atomic mass is 16.5. The summed E-state index contributed by atoms with van der Waals surface area (Å²) in [4.78, 5) is 44.6. The molecule has 2 aromatic carbocycles. The van der Waals surface area contributed by atoms with Gasteiger partial charge in [-0.2, -0.15) is 0 Å². The number of para-hydroxylation sites is 1. The third-order valence-corrected chi connectivity index (χ3v) is 7.53. The second kappa shape index (κ2) is 14.3. The number of nitrogens with one attached hydrogen (secondary N) is 2. The fourth-order valence-electron chi connectivity index (χ4n) is 4.92. The van der Waals surface area contributed by atoms with Gasteiger partial charge in [0, 0.05) is 56.9 Å². The molecular weight excluding hydrogens is 526 g/mol. The zero-order chi connectivity index (χ0) is 29.4.